The van der Waals surface area contributed by atoms with Gasteiger partial charge in [-0.25, -0.2) is 0 Å². The van der Waals surface area contributed by atoms with Gasteiger partial charge in [0.25, 0.3) is 5.91 Å². The number of ether oxygens (including phenoxy) is 1. The fraction of sp³-hybridized carbons (Fsp3) is 0.273. The van der Waals surface area contributed by atoms with Crippen LogP contribution in [0.2, 0.25) is 5.02 Å². The molecule has 0 spiro atoms. The first-order valence-electron chi connectivity index (χ1n) is 9.79. The molecule has 0 atom stereocenters. The quantitative estimate of drug-likeness (QED) is 0.361. The molecule has 10 heteroatoms. The SMILES string of the molecule is Cc1ccc(C)c(OCC(=O)NC(=S)NNC(=O)CCC(=O)Nc2cccc(Cl)c2C)c1. The number of aryl methyl sites for hydroxylation is 2. The average molecular weight is 477 g/mol. The van der Waals surface area contributed by atoms with Crippen LogP contribution in [0.5, 0.6) is 5.75 Å². The number of hydrogen-bond donors (Lipinski definition) is 4. The monoisotopic (exact) mass is 476 g/mol. The van der Waals surface area contributed by atoms with E-state index in [0.29, 0.717) is 16.5 Å². The maximum atomic E-state index is 12.0. The molecular weight excluding hydrogens is 452 g/mol. The van der Waals surface area contributed by atoms with E-state index in [1.165, 1.54) is 0 Å². The molecule has 0 saturated carbocycles. The fourth-order valence-corrected chi connectivity index (χ4v) is 2.91. The fourth-order valence-electron chi connectivity index (χ4n) is 2.57. The molecule has 0 bridgehead atoms. The number of carbonyl (C=O) groups excluding carboxylic acids is 3. The van der Waals surface area contributed by atoms with Gasteiger partial charge in [0.05, 0.1) is 0 Å². The Labute approximate surface area is 197 Å². The molecule has 0 saturated heterocycles. The number of hydrazine groups is 1. The zero-order valence-corrected chi connectivity index (χ0v) is 19.6. The number of nitrogens with one attached hydrogen (secondary N) is 4. The number of benzene rings is 2. The van der Waals surface area contributed by atoms with Gasteiger partial charge in [0.1, 0.15) is 5.75 Å². The van der Waals surface area contributed by atoms with Crippen molar-refractivity contribution in [1.29, 1.82) is 0 Å². The van der Waals surface area contributed by atoms with Gasteiger partial charge in [-0.05, 0) is 67.9 Å². The molecule has 2 aromatic rings. The Morgan fingerprint density at radius 1 is 0.969 bits per heavy atom. The lowest BCUT2D eigenvalue weighted by Crippen LogP contribution is -2.49. The van der Waals surface area contributed by atoms with Crippen molar-refractivity contribution in [2.24, 2.45) is 0 Å². The summed E-state index contributed by atoms with van der Waals surface area (Å²) < 4.78 is 5.50. The zero-order chi connectivity index (χ0) is 23.7. The van der Waals surface area contributed by atoms with Crippen molar-refractivity contribution in [1.82, 2.24) is 16.2 Å². The summed E-state index contributed by atoms with van der Waals surface area (Å²) in [5.41, 5.74) is 8.01. The van der Waals surface area contributed by atoms with E-state index in [0.717, 1.165) is 16.7 Å². The Kier molecular flexibility index (Phi) is 9.42. The van der Waals surface area contributed by atoms with Crippen molar-refractivity contribution in [3.05, 3.63) is 58.1 Å². The maximum absolute atomic E-state index is 12.0. The van der Waals surface area contributed by atoms with Gasteiger partial charge >= 0.3 is 0 Å². The highest BCUT2D eigenvalue weighted by atomic mass is 35.5. The second kappa shape index (κ2) is 12.0. The Bertz CT molecular complexity index is 1030. The normalized spacial score (nSPS) is 10.1. The Hall–Kier alpha value is -3.17. The summed E-state index contributed by atoms with van der Waals surface area (Å²) in [6.45, 7) is 5.36. The molecule has 2 aromatic carbocycles. The lowest BCUT2D eigenvalue weighted by atomic mass is 10.1. The molecule has 0 radical (unpaired) electrons. The van der Waals surface area contributed by atoms with E-state index in [1.807, 2.05) is 32.0 Å². The Morgan fingerprint density at radius 2 is 1.69 bits per heavy atom. The third kappa shape index (κ3) is 8.16. The van der Waals surface area contributed by atoms with Gasteiger partial charge in [0.15, 0.2) is 11.7 Å². The van der Waals surface area contributed by atoms with Crippen LogP contribution in [-0.2, 0) is 14.4 Å². The molecule has 170 valence electrons. The second-order valence-electron chi connectivity index (χ2n) is 7.07. The summed E-state index contributed by atoms with van der Waals surface area (Å²) >= 11 is 11.0. The van der Waals surface area contributed by atoms with Crippen LogP contribution in [0, 0.1) is 20.8 Å². The highest BCUT2D eigenvalue weighted by Crippen LogP contribution is 2.23. The smallest absolute Gasteiger partial charge is 0.264 e. The second-order valence-corrected chi connectivity index (χ2v) is 7.88. The molecule has 0 aliphatic rings. The van der Waals surface area contributed by atoms with Crippen LogP contribution in [0.1, 0.15) is 29.5 Å². The highest BCUT2D eigenvalue weighted by Gasteiger charge is 2.11. The molecule has 0 unspecified atom stereocenters. The zero-order valence-electron chi connectivity index (χ0n) is 18.0. The third-order valence-corrected chi connectivity index (χ3v) is 5.01. The topological polar surface area (TPSA) is 109 Å². The van der Waals surface area contributed by atoms with Crippen LogP contribution < -0.4 is 26.2 Å². The van der Waals surface area contributed by atoms with Gasteiger partial charge in [-0.1, -0.05) is 29.8 Å². The molecule has 8 nitrogen and oxygen atoms in total. The molecule has 3 amide bonds. The number of anilines is 1. The van der Waals surface area contributed by atoms with Gasteiger partial charge in [-0.2, -0.15) is 0 Å². The van der Waals surface area contributed by atoms with E-state index in [4.69, 9.17) is 28.6 Å². The van der Waals surface area contributed by atoms with Crippen molar-refractivity contribution >= 4 is 52.3 Å². The molecule has 32 heavy (non-hydrogen) atoms. The number of rotatable bonds is 7. The Balaban J connectivity index is 1.67. The van der Waals surface area contributed by atoms with E-state index in [2.05, 4.69) is 21.5 Å². The number of carbonyl (C=O) groups is 3. The van der Waals surface area contributed by atoms with Crippen LogP contribution in [0.25, 0.3) is 0 Å². The van der Waals surface area contributed by atoms with Crippen molar-refractivity contribution in [3.63, 3.8) is 0 Å². The number of hydrogen-bond acceptors (Lipinski definition) is 5. The lowest BCUT2D eigenvalue weighted by molar-refractivity contribution is -0.125. The minimum atomic E-state index is -0.478. The predicted octanol–water partition coefficient (Wildman–Crippen LogP) is 3.08. The summed E-state index contributed by atoms with van der Waals surface area (Å²) in [7, 11) is 0. The highest BCUT2D eigenvalue weighted by molar-refractivity contribution is 7.80. The van der Waals surface area contributed by atoms with Gasteiger partial charge in [-0.15, -0.1) is 0 Å². The summed E-state index contributed by atoms with van der Waals surface area (Å²) in [6, 6.07) is 10.9. The van der Waals surface area contributed by atoms with Gasteiger partial charge < -0.3 is 10.1 Å². The van der Waals surface area contributed by atoms with Gasteiger partial charge in [0, 0.05) is 23.6 Å². The minimum Gasteiger partial charge on any atom is -0.483 e. The van der Waals surface area contributed by atoms with Crippen molar-refractivity contribution < 1.29 is 19.1 Å². The van der Waals surface area contributed by atoms with Crippen molar-refractivity contribution in [3.8, 4) is 5.75 Å². The molecular formula is C22H25ClN4O4S. The van der Waals surface area contributed by atoms with Crippen molar-refractivity contribution in [2.75, 3.05) is 11.9 Å². The first-order valence-corrected chi connectivity index (χ1v) is 10.6. The summed E-state index contributed by atoms with van der Waals surface area (Å²) in [5, 5.41) is 5.56. The lowest BCUT2D eigenvalue weighted by Gasteiger charge is -2.13. The first kappa shape index (κ1) is 25.1. The minimum absolute atomic E-state index is 0.0394. The average Bonchev–Trinajstić information content (AvgIpc) is 2.74. The molecule has 0 fully saturated rings. The maximum Gasteiger partial charge on any atom is 0.264 e. The van der Waals surface area contributed by atoms with E-state index in [-0.39, 0.29) is 30.5 Å². The number of amides is 3. The number of halogens is 1. The molecule has 0 heterocycles. The van der Waals surface area contributed by atoms with Crippen LogP contribution in [0.3, 0.4) is 0 Å². The Morgan fingerprint density at radius 3 is 2.44 bits per heavy atom. The first-order chi connectivity index (χ1) is 15.2. The van der Waals surface area contributed by atoms with Crippen LogP contribution in [0.15, 0.2) is 36.4 Å². The molecule has 2 rings (SSSR count). The van der Waals surface area contributed by atoms with E-state index < -0.39 is 11.8 Å². The molecule has 0 aliphatic carbocycles. The van der Waals surface area contributed by atoms with E-state index in [9.17, 15) is 14.4 Å². The third-order valence-electron chi connectivity index (χ3n) is 4.39. The molecule has 4 N–H and O–H groups in total. The molecule has 0 aliphatic heterocycles. The van der Waals surface area contributed by atoms with E-state index in [1.54, 1.807) is 25.1 Å². The van der Waals surface area contributed by atoms with Gasteiger partial charge in [0.2, 0.25) is 11.8 Å². The standard InChI is InChI=1S/C22H25ClN4O4S/c1-13-7-8-14(2)18(11-13)31-12-21(30)25-22(32)27-26-20(29)10-9-19(28)24-17-6-4-5-16(23)15(17)3/h4-8,11H,9-10,12H2,1-3H3,(H,24,28)(H,26,29)(H2,25,27,30,32). The van der Waals surface area contributed by atoms with E-state index >= 15 is 0 Å². The van der Waals surface area contributed by atoms with Crippen LogP contribution in [-0.4, -0.2) is 29.4 Å². The predicted molar refractivity (Wildman–Crippen MR) is 127 cm³/mol. The summed E-state index contributed by atoms with van der Waals surface area (Å²) in [4.78, 5) is 35.9. The van der Waals surface area contributed by atoms with Crippen LogP contribution in [0.4, 0.5) is 5.69 Å². The van der Waals surface area contributed by atoms with Crippen molar-refractivity contribution in [2.45, 2.75) is 33.6 Å². The number of thiocarbonyl (C=S) groups is 1. The molecule has 0 aromatic heterocycles. The largest absolute Gasteiger partial charge is 0.483 e. The van der Waals surface area contributed by atoms with Gasteiger partial charge in [-0.3, -0.25) is 30.6 Å². The summed E-state index contributed by atoms with van der Waals surface area (Å²) in [5.74, 6) is -0.663. The van der Waals surface area contributed by atoms with Crippen LogP contribution >= 0.6 is 23.8 Å². The summed E-state index contributed by atoms with van der Waals surface area (Å²) in [6.07, 6.45) is -0.118.